The molecule has 0 atom stereocenters. The van der Waals surface area contributed by atoms with Gasteiger partial charge in [0.2, 0.25) is 0 Å². The molecule has 2 aromatic rings. The van der Waals surface area contributed by atoms with Crippen LogP contribution in [0, 0.1) is 35.3 Å². The molecule has 0 amide bonds. The third kappa shape index (κ3) is 3.08. The second kappa shape index (κ2) is 6.87. The first kappa shape index (κ1) is 17.1. The van der Waals surface area contributed by atoms with E-state index < -0.39 is 10.9 Å². The number of nitriles is 1. The number of nitro benzene ring substituents is 1. The van der Waals surface area contributed by atoms with Crippen LogP contribution >= 0.6 is 0 Å². The maximum Gasteiger partial charge on any atom is 0.340 e. The first-order valence-corrected chi connectivity index (χ1v) is 7.23. The number of aromatic nitrogens is 1. The molecule has 1 aromatic carbocycles. The van der Waals surface area contributed by atoms with Gasteiger partial charge in [-0.05, 0) is 26.3 Å². The third-order valence-electron chi connectivity index (χ3n) is 3.50. The Morgan fingerprint density at radius 1 is 1.38 bits per heavy atom. The fourth-order valence-electron chi connectivity index (χ4n) is 2.50. The molecule has 0 N–H and O–H groups in total. The largest absolute Gasteiger partial charge is 0.462 e. The number of benzene rings is 1. The lowest BCUT2D eigenvalue weighted by Crippen LogP contribution is -2.12. The van der Waals surface area contributed by atoms with Crippen molar-refractivity contribution < 1.29 is 14.5 Å². The molecule has 0 saturated heterocycles. The van der Waals surface area contributed by atoms with Gasteiger partial charge in [-0.2, -0.15) is 5.26 Å². The summed E-state index contributed by atoms with van der Waals surface area (Å²) >= 11 is 0. The predicted molar refractivity (Wildman–Crippen MR) is 86.5 cm³/mol. The Kier molecular flexibility index (Phi) is 4.90. The van der Waals surface area contributed by atoms with Crippen LogP contribution in [0.3, 0.4) is 0 Å². The van der Waals surface area contributed by atoms with Crippen LogP contribution in [0.4, 0.5) is 5.69 Å². The van der Waals surface area contributed by atoms with E-state index in [-0.39, 0.29) is 23.4 Å². The molecule has 0 aliphatic heterocycles. The zero-order chi connectivity index (χ0) is 17.9. The molecule has 0 saturated carbocycles. The number of nitrogens with zero attached hydrogens (tertiary/aromatic N) is 3. The Morgan fingerprint density at radius 3 is 2.67 bits per heavy atom. The molecule has 7 heteroatoms. The summed E-state index contributed by atoms with van der Waals surface area (Å²) in [5.74, 6) is -0.611. The summed E-state index contributed by atoms with van der Waals surface area (Å²) in [7, 11) is 0. The second-order valence-corrected chi connectivity index (χ2v) is 5.05. The molecule has 0 radical (unpaired) electrons. The van der Waals surface area contributed by atoms with E-state index in [4.69, 9.17) is 4.74 Å². The van der Waals surface area contributed by atoms with E-state index in [0.717, 1.165) is 0 Å². The van der Waals surface area contributed by atoms with Crippen LogP contribution in [-0.4, -0.2) is 22.5 Å². The highest BCUT2D eigenvalue weighted by atomic mass is 16.6. The van der Waals surface area contributed by atoms with E-state index in [0.29, 0.717) is 22.5 Å². The van der Waals surface area contributed by atoms with Crippen molar-refractivity contribution in [3.8, 4) is 17.2 Å². The summed E-state index contributed by atoms with van der Waals surface area (Å²) in [5, 5.41) is 20.5. The number of carbonyl (C=O) groups is 1. The highest BCUT2D eigenvalue weighted by molar-refractivity contribution is 6.00. The van der Waals surface area contributed by atoms with Crippen molar-refractivity contribution in [3.63, 3.8) is 0 Å². The molecule has 1 heterocycles. The Bertz CT molecular complexity index is 869. The first-order valence-electron chi connectivity index (χ1n) is 7.23. The van der Waals surface area contributed by atoms with Gasteiger partial charge in [0, 0.05) is 17.7 Å². The van der Waals surface area contributed by atoms with Gasteiger partial charge in [-0.25, -0.2) is 4.79 Å². The van der Waals surface area contributed by atoms with Gasteiger partial charge >= 0.3 is 5.97 Å². The number of esters is 1. The van der Waals surface area contributed by atoms with Gasteiger partial charge in [0.25, 0.3) is 5.69 Å². The molecule has 7 nitrogen and oxygen atoms in total. The van der Waals surface area contributed by atoms with E-state index in [1.165, 1.54) is 18.2 Å². The van der Waals surface area contributed by atoms with Gasteiger partial charge in [-0.15, -0.1) is 0 Å². The van der Waals surface area contributed by atoms with Gasteiger partial charge in [-0.3, -0.25) is 15.1 Å². The van der Waals surface area contributed by atoms with Gasteiger partial charge in [0.15, 0.2) is 0 Å². The van der Waals surface area contributed by atoms with Gasteiger partial charge in [0.05, 0.1) is 34.0 Å². The Morgan fingerprint density at radius 2 is 2.08 bits per heavy atom. The maximum absolute atomic E-state index is 12.4. The number of carbonyl (C=O) groups excluding carboxylic acids is 1. The number of aryl methyl sites for hydroxylation is 2. The van der Waals surface area contributed by atoms with Gasteiger partial charge in [-0.1, -0.05) is 12.1 Å². The van der Waals surface area contributed by atoms with Crippen molar-refractivity contribution >= 4 is 11.7 Å². The summed E-state index contributed by atoms with van der Waals surface area (Å²) in [4.78, 5) is 27.1. The molecule has 0 bridgehead atoms. The Balaban J connectivity index is 2.84. The predicted octanol–water partition coefficient (Wildman–Crippen LogP) is 3.32. The van der Waals surface area contributed by atoms with Crippen molar-refractivity contribution in [2.24, 2.45) is 0 Å². The zero-order valence-electron chi connectivity index (χ0n) is 13.5. The minimum absolute atomic E-state index is 0.127. The first-order chi connectivity index (χ1) is 11.4. The van der Waals surface area contributed by atoms with Crippen molar-refractivity contribution in [2.45, 2.75) is 20.8 Å². The Hall–Kier alpha value is -3.27. The molecule has 0 unspecified atom stereocenters. The quantitative estimate of drug-likeness (QED) is 0.485. The lowest BCUT2D eigenvalue weighted by molar-refractivity contribution is -0.384. The molecule has 0 aliphatic carbocycles. The second-order valence-electron chi connectivity index (χ2n) is 5.05. The van der Waals surface area contributed by atoms with E-state index in [1.807, 2.05) is 6.07 Å². The lowest BCUT2D eigenvalue weighted by Gasteiger charge is -2.15. The fourth-order valence-corrected chi connectivity index (χ4v) is 2.50. The zero-order valence-corrected chi connectivity index (χ0v) is 13.5. The van der Waals surface area contributed by atoms with E-state index >= 15 is 0 Å². The normalized spacial score (nSPS) is 10.1. The average Bonchev–Trinajstić information content (AvgIpc) is 2.54. The number of non-ortho nitro benzene ring substituents is 1. The molecule has 122 valence electrons. The van der Waals surface area contributed by atoms with Crippen LogP contribution in [0.15, 0.2) is 24.3 Å². The minimum Gasteiger partial charge on any atom is -0.462 e. The molecule has 1 aromatic heterocycles. The van der Waals surface area contributed by atoms with Crippen LogP contribution in [-0.2, 0) is 4.74 Å². The van der Waals surface area contributed by atoms with Crippen LogP contribution in [0.1, 0.15) is 34.2 Å². The Labute approximate surface area is 138 Å². The topological polar surface area (TPSA) is 106 Å². The maximum atomic E-state index is 12.4. The molecular formula is C17H15N3O4. The highest BCUT2D eigenvalue weighted by Gasteiger charge is 2.24. The van der Waals surface area contributed by atoms with Crippen LogP contribution in [0.25, 0.3) is 11.1 Å². The number of ether oxygens (including phenoxy) is 1. The van der Waals surface area contributed by atoms with Crippen LogP contribution in [0.5, 0.6) is 0 Å². The number of nitro groups is 1. The molecule has 24 heavy (non-hydrogen) atoms. The number of hydrogen-bond donors (Lipinski definition) is 0. The highest BCUT2D eigenvalue weighted by Crippen LogP contribution is 2.33. The van der Waals surface area contributed by atoms with E-state index in [2.05, 4.69) is 4.98 Å². The summed E-state index contributed by atoms with van der Waals surface area (Å²) in [6.45, 7) is 5.14. The minimum atomic E-state index is -0.611. The summed E-state index contributed by atoms with van der Waals surface area (Å²) in [5.41, 5.74) is 1.79. The van der Waals surface area contributed by atoms with Gasteiger partial charge < -0.3 is 4.74 Å². The standard InChI is InChI=1S/C17H15N3O4/c1-4-24-17(21)15-11(3)19-10(2)14(9-18)16(15)12-6-5-7-13(8-12)20(22)23/h5-8H,4H2,1-3H3. The van der Waals surface area contributed by atoms with Crippen LogP contribution < -0.4 is 0 Å². The number of pyridine rings is 1. The SMILES string of the molecule is CCOC(=O)c1c(C)nc(C)c(C#N)c1-c1cccc([N+](=O)[O-])c1. The van der Waals surface area contributed by atoms with Crippen molar-refractivity contribution in [1.29, 1.82) is 5.26 Å². The molecular weight excluding hydrogens is 310 g/mol. The van der Waals surface area contributed by atoms with Crippen LogP contribution in [0.2, 0.25) is 0 Å². The summed E-state index contributed by atoms with van der Waals surface area (Å²) < 4.78 is 5.07. The molecule has 2 rings (SSSR count). The van der Waals surface area contributed by atoms with Crippen molar-refractivity contribution in [2.75, 3.05) is 6.61 Å². The van der Waals surface area contributed by atoms with Gasteiger partial charge in [0.1, 0.15) is 6.07 Å². The molecule has 0 aliphatic rings. The monoisotopic (exact) mass is 325 g/mol. The molecule has 0 spiro atoms. The number of hydrogen-bond acceptors (Lipinski definition) is 6. The number of rotatable bonds is 4. The third-order valence-corrected chi connectivity index (χ3v) is 3.50. The van der Waals surface area contributed by atoms with E-state index in [1.54, 1.807) is 26.8 Å². The van der Waals surface area contributed by atoms with Crippen molar-refractivity contribution in [1.82, 2.24) is 4.98 Å². The lowest BCUT2D eigenvalue weighted by atomic mass is 9.93. The van der Waals surface area contributed by atoms with Crippen molar-refractivity contribution in [3.05, 3.63) is 56.9 Å². The average molecular weight is 325 g/mol. The van der Waals surface area contributed by atoms with E-state index in [9.17, 15) is 20.2 Å². The molecule has 0 fully saturated rings. The summed E-state index contributed by atoms with van der Waals surface area (Å²) in [6, 6.07) is 7.84. The summed E-state index contributed by atoms with van der Waals surface area (Å²) in [6.07, 6.45) is 0. The fraction of sp³-hybridized carbons (Fsp3) is 0.235. The smallest absolute Gasteiger partial charge is 0.340 e.